The van der Waals surface area contributed by atoms with Gasteiger partial charge in [-0.2, -0.15) is 0 Å². The van der Waals surface area contributed by atoms with Gasteiger partial charge in [-0.25, -0.2) is 10.1 Å². The Bertz CT molecular complexity index is 1140. The largest absolute Gasteiger partial charge is 0.366 e. The number of amidine groups is 1. The molecule has 0 bridgehead atoms. The average molecular weight is 447 g/mol. The lowest BCUT2D eigenvalue weighted by atomic mass is 9.78. The van der Waals surface area contributed by atoms with Crippen molar-refractivity contribution < 1.29 is 9.83 Å². The number of hydrogen-bond donors (Lipinski definition) is 3. The van der Waals surface area contributed by atoms with Crippen molar-refractivity contribution in [3.8, 4) is 11.1 Å². The molecule has 0 aliphatic rings. The molecule has 1 heterocycles. The lowest BCUT2D eigenvalue weighted by Crippen LogP contribution is -2.62. The van der Waals surface area contributed by atoms with Crippen LogP contribution in [0.15, 0.2) is 84.2 Å². The van der Waals surface area contributed by atoms with Crippen molar-refractivity contribution in [1.82, 2.24) is 10.3 Å². The number of hydrazone groups is 1. The summed E-state index contributed by atoms with van der Waals surface area (Å²) in [5, 5.41) is 19.6. The third-order valence-corrected chi connectivity index (χ3v) is 5.62. The van der Waals surface area contributed by atoms with E-state index in [0.29, 0.717) is 11.3 Å². The molecule has 3 aromatic rings. The van der Waals surface area contributed by atoms with E-state index < -0.39 is 22.0 Å². The van der Waals surface area contributed by atoms with Crippen molar-refractivity contribution in [3.63, 3.8) is 0 Å². The summed E-state index contributed by atoms with van der Waals surface area (Å²) in [6.45, 7) is 4.99. The number of rotatable bonds is 7. The van der Waals surface area contributed by atoms with Crippen molar-refractivity contribution in [2.24, 2.45) is 16.3 Å². The number of nitrogens with two attached hydrogens (primary N) is 1. The molecule has 9 heteroatoms. The molecule has 0 radical (unpaired) electrons. The van der Waals surface area contributed by atoms with Crippen LogP contribution in [0.1, 0.15) is 31.1 Å². The first-order chi connectivity index (χ1) is 15.6. The van der Waals surface area contributed by atoms with Crippen LogP contribution in [0.4, 0.5) is 5.69 Å². The van der Waals surface area contributed by atoms with Gasteiger partial charge in [0.15, 0.2) is 10.9 Å². The zero-order valence-corrected chi connectivity index (χ0v) is 18.6. The third kappa shape index (κ3) is 5.58. The fourth-order valence-corrected chi connectivity index (χ4v) is 3.15. The number of pyridine rings is 1. The Morgan fingerprint density at radius 3 is 2.21 bits per heavy atom. The summed E-state index contributed by atoms with van der Waals surface area (Å²) in [5.74, 6) is -0.702. The van der Waals surface area contributed by atoms with Gasteiger partial charge in [-0.1, -0.05) is 42.5 Å². The lowest BCUT2D eigenvalue weighted by molar-refractivity contribution is -0.485. The number of nitro groups is 1. The van der Waals surface area contributed by atoms with Gasteiger partial charge in [0.05, 0.1) is 21.9 Å². The molecule has 4 N–H and O–H groups in total. The minimum atomic E-state index is -1.23. The molecule has 0 aliphatic heterocycles. The number of carbonyl (C=O) groups is 1. The van der Waals surface area contributed by atoms with E-state index in [0.717, 1.165) is 11.1 Å². The monoisotopic (exact) mass is 446 g/mol. The molecule has 3 rings (SSSR count). The van der Waals surface area contributed by atoms with E-state index >= 15 is 0 Å². The number of aromatic nitrogens is 1. The first kappa shape index (κ1) is 23.6. The van der Waals surface area contributed by atoms with Gasteiger partial charge in [-0.05, 0) is 56.2 Å². The third-order valence-electron chi connectivity index (χ3n) is 5.62. The quantitative estimate of drug-likeness (QED) is 0.166. The number of nitrogens with zero attached hydrogens (tertiary/aromatic N) is 3. The van der Waals surface area contributed by atoms with Crippen LogP contribution in [-0.4, -0.2) is 27.4 Å². The Labute approximate surface area is 191 Å². The molecule has 0 aliphatic carbocycles. The molecule has 0 saturated carbocycles. The molecule has 1 aromatic heterocycles. The number of anilines is 1. The second kappa shape index (κ2) is 9.58. The van der Waals surface area contributed by atoms with E-state index in [-0.39, 0.29) is 5.84 Å². The summed E-state index contributed by atoms with van der Waals surface area (Å²) in [7, 11) is 0. The number of hydrogen-bond acceptors (Lipinski definition) is 6. The summed E-state index contributed by atoms with van der Waals surface area (Å²) in [6.07, 6.45) is 3.20. The highest BCUT2D eigenvalue weighted by molar-refractivity contribution is 6.08. The summed E-state index contributed by atoms with van der Waals surface area (Å²) in [6, 6.07) is 20.2. The van der Waals surface area contributed by atoms with Crippen LogP contribution in [0.3, 0.4) is 0 Å². The lowest BCUT2D eigenvalue weighted by Gasteiger charge is -2.41. The SMILES string of the molecule is CC(N)(Nc1cccnc1)C(C)(C)C(=N[N+](=O)[O-])NC(=O)c1ccc(-c2ccccc2)cc1. The van der Waals surface area contributed by atoms with Crippen molar-refractivity contribution in [2.45, 2.75) is 26.4 Å². The first-order valence-electron chi connectivity index (χ1n) is 10.3. The topological polar surface area (TPSA) is 136 Å². The number of nitrogens with one attached hydrogen (secondary N) is 2. The predicted octanol–water partition coefficient (Wildman–Crippen LogP) is 3.88. The van der Waals surface area contributed by atoms with Gasteiger partial charge in [-0.3, -0.25) is 9.78 Å². The molecule has 0 fully saturated rings. The Kier molecular flexibility index (Phi) is 6.83. The van der Waals surface area contributed by atoms with Gasteiger partial charge in [-0.15, -0.1) is 0 Å². The Morgan fingerprint density at radius 2 is 1.64 bits per heavy atom. The maximum atomic E-state index is 12.9. The van der Waals surface area contributed by atoms with Gasteiger partial charge >= 0.3 is 0 Å². The summed E-state index contributed by atoms with van der Waals surface area (Å²) < 4.78 is 0. The van der Waals surface area contributed by atoms with Crippen molar-refractivity contribution in [3.05, 3.63) is 94.8 Å². The van der Waals surface area contributed by atoms with Crippen LogP contribution in [-0.2, 0) is 0 Å². The summed E-state index contributed by atoms with van der Waals surface area (Å²) in [5.41, 5.74) is 7.04. The fraction of sp³-hybridized carbons (Fsp3) is 0.208. The van der Waals surface area contributed by atoms with Gasteiger partial charge in [0.25, 0.3) is 5.91 Å². The van der Waals surface area contributed by atoms with Gasteiger partial charge < -0.3 is 16.4 Å². The molecule has 2 aromatic carbocycles. The molecule has 9 nitrogen and oxygen atoms in total. The number of amides is 1. The van der Waals surface area contributed by atoms with Crippen molar-refractivity contribution in [2.75, 3.05) is 5.32 Å². The second-order valence-corrected chi connectivity index (χ2v) is 8.28. The van der Waals surface area contributed by atoms with Gasteiger partial charge in [0.2, 0.25) is 0 Å². The number of carbonyl (C=O) groups excluding carboxylic acids is 1. The molecule has 170 valence electrons. The molecular weight excluding hydrogens is 420 g/mol. The van der Waals surface area contributed by atoms with Gasteiger partial charge in [0, 0.05) is 18.0 Å². The second-order valence-electron chi connectivity index (χ2n) is 8.28. The van der Waals surface area contributed by atoms with Gasteiger partial charge in [0.1, 0.15) is 0 Å². The van der Waals surface area contributed by atoms with Crippen LogP contribution < -0.4 is 16.4 Å². The van der Waals surface area contributed by atoms with Crippen LogP contribution in [0.2, 0.25) is 0 Å². The molecule has 0 spiro atoms. The normalized spacial score (nSPS) is 13.6. The minimum Gasteiger partial charge on any atom is -0.366 e. The van der Waals surface area contributed by atoms with Crippen molar-refractivity contribution >= 4 is 17.4 Å². The number of benzene rings is 2. The molecule has 1 amide bonds. The van der Waals surface area contributed by atoms with E-state index in [2.05, 4.69) is 20.7 Å². The molecule has 1 atom stereocenters. The molecule has 0 saturated heterocycles. The Morgan fingerprint density at radius 1 is 1.00 bits per heavy atom. The molecule has 33 heavy (non-hydrogen) atoms. The van der Waals surface area contributed by atoms with Crippen LogP contribution >= 0.6 is 0 Å². The highest BCUT2D eigenvalue weighted by Crippen LogP contribution is 2.31. The van der Waals surface area contributed by atoms with E-state index in [1.807, 2.05) is 42.5 Å². The zero-order valence-electron chi connectivity index (χ0n) is 18.6. The minimum absolute atomic E-state index is 0.175. The Balaban J connectivity index is 1.84. The van der Waals surface area contributed by atoms with Crippen molar-refractivity contribution in [1.29, 1.82) is 0 Å². The fourth-order valence-electron chi connectivity index (χ4n) is 3.15. The zero-order chi connectivity index (χ0) is 24.1. The maximum absolute atomic E-state index is 12.9. The van der Waals surface area contributed by atoms with Crippen LogP contribution in [0.25, 0.3) is 11.1 Å². The van der Waals surface area contributed by atoms with E-state index in [1.54, 1.807) is 57.4 Å². The van der Waals surface area contributed by atoms with E-state index in [4.69, 9.17) is 5.73 Å². The first-order valence-corrected chi connectivity index (χ1v) is 10.3. The summed E-state index contributed by atoms with van der Waals surface area (Å²) >= 11 is 0. The van der Waals surface area contributed by atoms with Crippen LogP contribution in [0.5, 0.6) is 0 Å². The highest BCUT2D eigenvalue weighted by Gasteiger charge is 2.45. The highest BCUT2D eigenvalue weighted by atomic mass is 16.7. The van der Waals surface area contributed by atoms with E-state index in [9.17, 15) is 14.9 Å². The average Bonchev–Trinajstić information content (AvgIpc) is 2.79. The predicted molar refractivity (Wildman–Crippen MR) is 128 cm³/mol. The summed E-state index contributed by atoms with van der Waals surface area (Å²) in [4.78, 5) is 28.2. The van der Waals surface area contributed by atoms with Crippen LogP contribution in [0, 0.1) is 15.5 Å². The standard InChI is InChI=1S/C24H26N6O3/c1-23(2,24(3,25)28-20-10-7-15-26-16-20)22(29-30(32)33)27-21(31)19-13-11-18(12-14-19)17-8-5-4-6-9-17/h4-16,28H,25H2,1-3H3,(H,27,29,31). The molecular formula is C24H26N6O3. The van der Waals surface area contributed by atoms with E-state index in [1.165, 1.54) is 0 Å². The molecule has 1 unspecified atom stereocenters. The smallest absolute Gasteiger partial charge is 0.256 e. The maximum Gasteiger partial charge on any atom is 0.256 e. The Hall–Kier alpha value is -4.11.